The number of amides is 2. The van der Waals surface area contributed by atoms with Crippen molar-refractivity contribution >= 4 is 38.3 Å². The Bertz CT molecular complexity index is 1160. The summed E-state index contributed by atoms with van der Waals surface area (Å²) in [6.45, 7) is -0.167. The largest absolute Gasteiger partial charge is 0.480 e. The standard InChI is InChI=1S/C22H26F3N3O6S2/c23-22(24,25)17-9-5-4-6-15(17)13-34-11-10-28(16-7-2-1-3-8-16)21(31)27-20-26-12-19(35-20)36(32,33)14-18(29)30/h4-6,9,12,16H,1-3,7-8,10-11,13-14H2,(H,29,30)(H,26,27,31). The smallest absolute Gasteiger partial charge is 0.416 e. The number of carbonyl (C=O) groups excluding carboxylic acids is 1. The molecule has 14 heteroatoms. The molecule has 2 amide bonds. The Labute approximate surface area is 210 Å². The van der Waals surface area contributed by atoms with Crippen molar-refractivity contribution in [3.05, 3.63) is 41.6 Å². The second kappa shape index (κ2) is 12.0. The molecule has 0 aliphatic heterocycles. The fraction of sp³-hybridized carbons (Fsp3) is 0.500. The highest BCUT2D eigenvalue weighted by Gasteiger charge is 2.33. The number of urea groups is 1. The highest BCUT2D eigenvalue weighted by Crippen LogP contribution is 2.32. The van der Waals surface area contributed by atoms with Gasteiger partial charge in [0.2, 0.25) is 0 Å². The number of aliphatic carboxylic acids is 1. The van der Waals surface area contributed by atoms with Gasteiger partial charge in [-0.1, -0.05) is 48.8 Å². The van der Waals surface area contributed by atoms with E-state index in [9.17, 15) is 31.2 Å². The zero-order valence-electron chi connectivity index (χ0n) is 19.2. The third-order valence-electron chi connectivity index (χ3n) is 5.65. The number of alkyl halides is 3. The van der Waals surface area contributed by atoms with Crippen LogP contribution in [0.3, 0.4) is 0 Å². The van der Waals surface area contributed by atoms with E-state index in [-0.39, 0.29) is 40.7 Å². The molecule has 1 aromatic heterocycles. The molecule has 0 unspecified atom stereocenters. The Kier molecular flexibility index (Phi) is 9.30. The second-order valence-electron chi connectivity index (χ2n) is 8.26. The van der Waals surface area contributed by atoms with Crippen LogP contribution in [0.1, 0.15) is 43.2 Å². The first-order valence-corrected chi connectivity index (χ1v) is 13.6. The fourth-order valence-corrected chi connectivity index (χ4v) is 6.11. The number of carbonyl (C=O) groups is 2. The summed E-state index contributed by atoms with van der Waals surface area (Å²) in [6, 6.07) is 4.47. The molecule has 0 bridgehead atoms. The normalized spacial score (nSPS) is 15.0. The molecule has 9 nitrogen and oxygen atoms in total. The van der Waals surface area contributed by atoms with Crippen LogP contribution in [0.2, 0.25) is 0 Å². The molecule has 198 valence electrons. The topological polar surface area (TPSA) is 126 Å². The van der Waals surface area contributed by atoms with Gasteiger partial charge in [0, 0.05) is 12.6 Å². The number of benzene rings is 1. The maximum Gasteiger partial charge on any atom is 0.416 e. The van der Waals surface area contributed by atoms with Crippen LogP contribution in [-0.2, 0) is 32.2 Å². The van der Waals surface area contributed by atoms with E-state index in [1.54, 1.807) is 0 Å². The third kappa shape index (κ3) is 7.64. The summed E-state index contributed by atoms with van der Waals surface area (Å²) in [5, 5.41) is 11.3. The average Bonchev–Trinajstić information content (AvgIpc) is 3.28. The fourth-order valence-electron chi connectivity index (χ4n) is 3.97. The van der Waals surface area contributed by atoms with Crippen molar-refractivity contribution in [1.29, 1.82) is 0 Å². The minimum absolute atomic E-state index is 0.00319. The Morgan fingerprint density at radius 1 is 1.19 bits per heavy atom. The summed E-state index contributed by atoms with van der Waals surface area (Å²) in [5.41, 5.74) is -0.777. The minimum atomic E-state index is -4.50. The number of ether oxygens (including phenoxy) is 1. The lowest BCUT2D eigenvalue weighted by Crippen LogP contribution is -2.45. The second-order valence-corrected chi connectivity index (χ2v) is 11.5. The van der Waals surface area contributed by atoms with Gasteiger partial charge < -0.3 is 14.7 Å². The Hall–Kier alpha value is -2.71. The van der Waals surface area contributed by atoms with Crippen molar-refractivity contribution in [2.24, 2.45) is 0 Å². The molecule has 0 spiro atoms. The molecule has 2 aromatic rings. The van der Waals surface area contributed by atoms with Crippen molar-refractivity contribution in [3.8, 4) is 0 Å². The summed E-state index contributed by atoms with van der Waals surface area (Å²) in [5.74, 6) is -2.60. The molecule has 1 heterocycles. The number of nitrogens with one attached hydrogen (secondary N) is 1. The Morgan fingerprint density at radius 2 is 1.89 bits per heavy atom. The van der Waals surface area contributed by atoms with Crippen LogP contribution in [0.25, 0.3) is 0 Å². The number of aromatic nitrogens is 1. The molecule has 1 aliphatic rings. The molecule has 1 saturated carbocycles. The van der Waals surface area contributed by atoms with Gasteiger partial charge >= 0.3 is 18.2 Å². The van der Waals surface area contributed by atoms with Crippen LogP contribution in [0, 0.1) is 0 Å². The van der Waals surface area contributed by atoms with Crippen LogP contribution in [0.5, 0.6) is 0 Å². The Balaban J connectivity index is 1.64. The predicted molar refractivity (Wildman–Crippen MR) is 126 cm³/mol. The monoisotopic (exact) mass is 549 g/mol. The SMILES string of the molecule is O=C(O)CS(=O)(=O)c1cnc(NC(=O)N(CCOCc2ccccc2C(F)(F)F)C2CCCCC2)s1. The molecule has 1 aliphatic carbocycles. The number of halogens is 3. The highest BCUT2D eigenvalue weighted by atomic mass is 32.2. The van der Waals surface area contributed by atoms with Crippen LogP contribution in [0.4, 0.5) is 23.1 Å². The number of anilines is 1. The molecule has 0 saturated heterocycles. The molecule has 1 aromatic carbocycles. The molecule has 1 fully saturated rings. The van der Waals surface area contributed by atoms with Crippen molar-refractivity contribution < 1.29 is 41.0 Å². The van der Waals surface area contributed by atoms with Gasteiger partial charge in [-0.25, -0.2) is 18.2 Å². The number of hydrogen-bond donors (Lipinski definition) is 2. The lowest BCUT2D eigenvalue weighted by molar-refractivity contribution is -0.139. The number of sulfone groups is 1. The van der Waals surface area contributed by atoms with Gasteiger partial charge in [0.05, 0.1) is 25.0 Å². The number of hydrogen-bond acceptors (Lipinski definition) is 7. The first-order valence-electron chi connectivity index (χ1n) is 11.2. The summed E-state index contributed by atoms with van der Waals surface area (Å²) in [6.07, 6.45) is 0.865. The summed E-state index contributed by atoms with van der Waals surface area (Å²) in [4.78, 5) is 29.2. The van der Waals surface area contributed by atoms with E-state index in [4.69, 9.17) is 9.84 Å². The first kappa shape index (κ1) is 27.9. The van der Waals surface area contributed by atoms with Gasteiger partial charge in [-0.2, -0.15) is 13.2 Å². The zero-order chi connectivity index (χ0) is 26.3. The van der Waals surface area contributed by atoms with Crippen LogP contribution >= 0.6 is 11.3 Å². The van der Waals surface area contributed by atoms with E-state index >= 15 is 0 Å². The zero-order valence-corrected chi connectivity index (χ0v) is 20.8. The maximum absolute atomic E-state index is 13.2. The molecule has 2 N–H and O–H groups in total. The molecular weight excluding hydrogens is 523 g/mol. The van der Waals surface area contributed by atoms with Crippen molar-refractivity contribution in [2.45, 2.75) is 55.1 Å². The van der Waals surface area contributed by atoms with Crippen molar-refractivity contribution in [2.75, 3.05) is 24.2 Å². The number of rotatable bonds is 10. The van der Waals surface area contributed by atoms with Crippen LogP contribution in [0.15, 0.2) is 34.7 Å². The average molecular weight is 550 g/mol. The van der Waals surface area contributed by atoms with E-state index in [1.807, 2.05) is 0 Å². The van der Waals surface area contributed by atoms with Gasteiger partial charge in [-0.15, -0.1) is 0 Å². The number of carboxylic acid groups (broad SMARTS) is 1. The first-order chi connectivity index (χ1) is 17.0. The van der Waals surface area contributed by atoms with Gasteiger partial charge in [-0.3, -0.25) is 10.1 Å². The minimum Gasteiger partial charge on any atom is -0.480 e. The van der Waals surface area contributed by atoms with Crippen LogP contribution < -0.4 is 5.32 Å². The molecule has 36 heavy (non-hydrogen) atoms. The van der Waals surface area contributed by atoms with Gasteiger partial charge in [0.15, 0.2) is 20.7 Å². The molecule has 0 radical (unpaired) electrons. The van der Waals surface area contributed by atoms with E-state index < -0.39 is 39.3 Å². The highest BCUT2D eigenvalue weighted by molar-refractivity contribution is 7.94. The van der Waals surface area contributed by atoms with E-state index in [0.717, 1.165) is 44.4 Å². The van der Waals surface area contributed by atoms with E-state index in [2.05, 4.69) is 10.3 Å². The number of nitrogens with zero attached hydrogens (tertiary/aromatic N) is 2. The predicted octanol–water partition coefficient (Wildman–Crippen LogP) is 4.40. The summed E-state index contributed by atoms with van der Waals surface area (Å²) in [7, 11) is -4.08. The van der Waals surface area contributed by atoms with E-state index in [1.165, 1.54) is 23.1 Å². The van der Waals surface area contributed by atoms with Crippen molar-refractivity contribution in [1.82, 2.24) is 9.88 Å². The molecular formula is C22H26F3N3O6S2. The van der Waals surface area contributed by atoms with Gasteiger partial charge in [0.25, 0.3) is 0 Å². The van der Waals surface area contributed by atoms with E-state index in [0.29, 0.717) is 11.3 Å². The van der Waals surface area contributed by atoms with Gasteiger partial charge in [0.1, 0.15) is 4.21 Å². The lowest BCUT2D eigenvalue weighted by atomic mass is 9.94. The van der Waals surface area contributed by atoms with Crippen molar-refractivity contribution in [3.63, 3.8) is 0 Å². The molecule has 0 atom stereocenters. The molecule has 3 rings (SSSR count). The lowest BCUT2D eigenvalue weighted by Gasteiger charge is -2.34. The number of carboxylic acids is 1. The quantitative estimate of drug-likeness (QED) is 0.421. The Morgan fingerprint density at radius 3 is 2.56 bits per heavy atom. The van der Waals surface area contributed by atoms with Gasteiger partial charge in [-0.05, 0) is 24.5 Å². The van der Waals surface area contributed by atoms with Crippen LogP contribution in [-0.4, -0.2) is 60.4 Å². The summed E-state index contributed by atoms with van der Waals surface area (Å²) >= 11 is 0.645. The summed E-state index contributed by atoms with van der Waals surface area (Å²) < 4.78 is 68.9. The number of thiazole rings is 1. The maximum atomic E-state index is 13.2. The third-order valence-corrected chi connectivity index (χ3v) is 8.72.